The molecule has 0 aliphatic heterocycles. The second-order valence-corrected chi connectivity index (χ2v) is 8.27. The zero-order chi connectivity index (χ0) is 21.2. The molecule has 14 heteroatoms. The van der Waals surface area contributed by atoms with E-state index in [2.05, 4.69) is 42.8 Å². The quantitative estimate of drug-likeness (QED) is 0.407. The van der Waals surface area contributed by atoms with Crippen molar-refractivity contribution >= 4 is 21.0 Å². The summed E-state index contributed by atoms with van der Waals surface area (Å²) in [4.78, 5) is 1.44. The Kier molecular flexibility index (Phi) is 7.49. The molecule has 1 aromatic rings. The standard InChI is InChI=1S/C8H11S.C4HF9O3S/c1-9(2)8-6-4-3-5-7-8;5-1(6,3(9,10)11)2(7,8)4(12,13)17(14,15)16/h3-7H,1-2H3;(H,14,15,16)/q+1;/p-1. The minimum atomic E-state index is -7.43. The van der Waals surface area contributed by atoms with E-state index in [1.165, 1.54) is 4.90 Å². The molecule has 0 aliphatic rings. The fourth-order valence-corrected chi connectivity index (χ4v) is 2.35. The summed E-state index contributed by atoms with van der Waals surface area (Å²) in [7, 11) is -7.00. The molecule has 0 fully saturated rings. The molecule has 152 valence electrons. The van der Waals surface area contributed by atoms with Gasteiger partial charge in [-0.2, -0.15) is 39.5 Å². The van der Waals surface area contributed by atoms with Crippen molar-refractivity contribution < 1.29 is 52.5 Å². The fraction of sp³-hybridized carbons (Fsp3) is 0.500. The molecular formula is C12H11F9O3S2. The molecule has 0 heterocycles. The molecule has 0 N–H and O–H groups in total. The first-order valence-corrected chi connectivity index (χ1v) is 9.54. The fourth-order valence-electron chi connectivity index (χ4n) is 1.21. The van der Waals surface area contributed by atoms with Gasteiger partial charge >= 0.3 is 23.3 Å². The molecule has 1 aromatic carbocycles. The van der Waals surface area contributed by atoms with Gasteiger partial charge in [0.15, 0.2) is 15.0 Å². The van der Waals surface area contributed by atoms with Gasteiger partial charge in [0, 0.05) is 10.9 Å². The average Bonchev–Trinajstić information content (AvgIpc) is 2.46. The summed E-state index contributed by atoms with van der Waals surface area (Å²) in [5.41, 5.74) is 0. The minimum absolute atomic E-state index is 0.421. The Morgan fingerprint density at radius 2 is 1.19 bits per heavy atom. The lowest BCUT2D eigenvalue weighted by atomic mass is 10.1. The number of halogens is 9. The summed E-state index contributed by atoms with van der Waals surface area (Å²) in [5.74, 6) is -14.8. The van der Waals surface area contributed by atoms with Gasteiger partial charge in [0.2, 0.25) is 0 Å². The number of hydrogen-bond donors (Lipinski definition) is 0. The van der Waals surface area contributed by atoms with Gasteiger partial charge in [-0.25, -0.2) is 8.42 Å². The van der Waals surface area contributed by atoms with Gasteiger partial charge in [-0.05, 0) is 12.1 Å². The number of hydrogen-bond acceptors (Lipinski definition) is 3. The second-order valence-electron chi connectivity index (χ2n) is 4.75. The molecular weight excluding hydrogens is 427 g/mol. The van der Waals surface area contributed by atoms with Crippen LogP contribution in [-0.4, -0.2) is 48.8 Å². The summed E-state index contributed by atoms with van der Waals surface area (Å²) in [6.45, 7) is 0. The maximum atomic E-state index is 12.2. The molecule has 0 aromatic heterocycles. The van der Waals surface area contributed by atoms with E-state index in [-0.39, 0.29) is 0 Å². The van der Waals surface area contributed by atoms with Gasteiger partial charge in [0.05, 0.1) is 0 Å². The first kappa shape index (κ1) is 24.8. The molecule has 0 spiro atoms. The summed E-state index contributed by atoms with van der Waals surface area (Å²) in [6, 6.07) is 10.6. The van der Waals surface area contributed by atoms with Crippen molar-refractivity contribution in [3.05, 3.63) is 30.3 Å². The summed E-state index contributed by atoms with van der Waals surface area (Å²) in [6.07, 6.45) is -2.70. The van der Waals surface area contributed by atoms with Crippen molar-refractivity contribution in [1.29, 1.82) is 0 Å². The number of benzene rings is 1. The Balaban J connectivity index is 0.000000577. The van der Waals surface area contributed by atoms with E-state index in [1.54, 1.807) is 0 Å². The topological polar surface area (TPSA) is 57.2 Å². The number of rotatable bonds is 4. The third kappa shape index (κ3) is 4.97. The molecule has 0 bridgehead atoms. The van der Waals surface area contributed by atoms with Crippen LogP contribution >= 0.6 is 0 Å². The Bertz CT molecular complexity index is 686. The van der Waals surface area contributed by atoms with Crippen molar-refractivity contribution in [2.24, 2.45) is 0 Å². The third-order valence-corrected chi connectivity index (χ3v) is 4.74. The lowest BCUT2D eigenvalue weighted by Crippen LogP contribution is -2.63. The van der Waals surface area contributed by atoms with E-state index in [9.17, 15) is 52.5 Å². The van der Waals surface area contributed by atoms with Crippen LogP contribution in [0, 0.1) is 0 Å². The highest BCUT2D eigenvalue weighted by atomic mass is 32.2. The predicted molar refractivity (Wildman–Crippen MR) is 74.5 cm³/mol. The molecule has 0 radical (unpaired) electrons. The van der Waals surface area contributed by atoms with E-state index >= 15 is 0 Å². The SMILES string of the molecule is C[S+](C)c1ccccc1.O=S(=O)([O-])C(F)(F)C(F)(F)C(F)(F)C(F)(F)F. The predicted octanol–water partition coefficient (Wildman–Crippen LogP) is 3.88. The van der Waals surface area contributed by atoms with Gasteiger partial charge in [0.25, 0.3) is 0 Å². The Morgan fingerprint density at radius 1 is 0.808 bits per heavy atom. The van der Waals surface area contributed by atoms with Gasteiger partial charge in [-0.3, -0.25) is 0 Å². The monoisotopic (exact) mass is 438 g/mol. The average molecular weight is 438 g/mol. The molecule has 1 rings (SSSR count). The molecule has 0 amide bonds. The van der Waals surface area contributed by atoms with Crippen LogP contribution in [0.5, 0.6) is 0 Å². The minimum Gasteiger partial charge on any atom is -0.743 e. The first-order chi connectivity index (χ1) is 11.3. The Labute approximate surface area is 145 Å². The van der Waals surface area contributed by atoms with Gasteiger partial charge in [-0.1, -0.05) is 18.2 Å². The van der Waals surface area contributed by atoms with Gasteiger partial charge in [0.1, 0.15) is 12.5 Å². The molecule has 0 unspecified atom stereocenters. The molecule has 0 aliphatic carbocycles. The molecule has 0 saturated carbocycles. The highest BCUT2D eigenvalue weighted by molar-refractivity contribution is 7.95. The van der Waals surface area contributed by atoms with E-state index in [4.69, 9.17) is 0 Å². The van der Waals surface area contributed by atoms with E-state index in [1.807, 2.05) is 0 Å². The zero-order valence-electron chi connectivity index (χ0n) is 12.8. The normalized spacial score (nSPS) is 14.0. The molecule has 26 heavy (non-hydrogen) atoms. The lowest BCUT2D eigenvalue weighted by Gasteiger charge is -2.34. The van der Waals surface area contributed by atoms with Crippen molar-refractivity contribution in [3.63, 3.8) is 0 Å². The molecule has 3 nitrogen and oxygen atoms in total. The van der Waals surface area contributed by atoms with Crippen LogP contribution in [0.4, 0.5) is 39.5 Å². The maximum absolute atomic E-state index is 12.2. The van der Waals surface area contributed by atoms with Crippen LogP contribution in [-0.2, 0) is 21.0 Å². The maximum Gasteiger partial charge on any atom is 0.460 e. The zero-order valence-corrected chi connectivity index (χ0v) is 14.5. The molecule has 0 saturated heterocycles. The Hall–Kier alpha value is -1.15. The molecule has 0 atom stereocenters. The summed E-state index contributed by atoms with van der Waals surface area (Å²) in [5, 5.41) is -7.11. The van der Waals surface area contributed by atoms with Crippen molar-refractivity contribution in [2.75, 3.05) is 12.5 Å². The number of alkyl halides is 9. The van der Waals surface area contributed by atoms with E-state index < -0.39 is 33.4 Å². The van der Waals surface area contributed by atoms with Crippen LogP contribution in [0.15, 0.2) is 35.2 Å². The van der Waals surface area contributed by atoms with E-state index in [0.717, 1.165) is 0 Å². The third-order valence-electron chi connectivity index (χ3n) is 2.64. The van der Waals surface area contributed by atoms with Gasteiger partial charge in [-0.15, -0.1) is 0 Å². The van der Waals surface area contributed by atoms with E-state index in [0.29, 0.717) is 10.9 Å². The van der Waals surface area contributed by atoms with Crippen LogP contribution in [0.25, 0.3) is 0 Å². The van der Waals surface area contributed by atoms with Crippen molar-refractivity contribution in [3.8, 4) is 0 Å². The van der Waals surface area contributed by atoms with Crippen LogP contribution in [0.3, 0.4) is 0 Å². The van der Waals surface area contributed by atoms with Crippen molar-refractivity contribution in [2.45, 2.75) is 28.2 Å². The van der Waals surface area contributed by atoms with Crippen LogP contribution in [0.2, 0.25) is 0 Å². The van der Waals surface area contributed by atoms with Crippen molar-refractivity contribution in [1.82, 2.24) is 0 Å². The summed E-state index contributed by atoms with van der Waals surface area (Å²) < 4.78 is 135. The first-order valence-electron chi connectivity index (χ1n) is 6.09. The lowest BCUT2D eigenvalue weighted by molar-refractivity contribution is -0.382. The smallest absolute Gasteiger partial charge is 0.460 e. The van der Waals surface area contributed by atoms with Crippen LogP contribution < -0.4 is 0 Å². The largest absolute Gasteiger partial charge is 0.743 e. The highest BCUT2D eigenvalue weighted by Gasteiger charge is 2.83. The Morgan fingerprint density at radius 3 is 1.42 bits per heavy atom. The van der Waals surface area contributed by atoms with Gasteiger partial charge < -0.3 is 4.55 Å². The summed E-state index contributed by atoms with van der Waals surface area (Å²) >= 11 is 0. The highest BCUT2D eigenvalue weighted by Crippen LogP contribution is 2.54. The second kappa shape index (κ2) is 7.84. The van der Waals surface area contributed by atoms with Crippen LogP contribution in [0.1, 0.15) is 0 Å².